The van der Waals surface area contributed by atoms with Crippen molar-refractivity contribution in [2.24, 2.45) is 0 Å². The van der Waals surface area contributed by atoms with E-state index in [1.165, 1.54) is 16.9 Å². The largest absolute Gasteiger partial charge is 0.496 e. The molecule has 5 heteroatoms. The van der Waals surface area contributed by atoms with Crippen molar-refractivity contribution in [1.29, 1.82) is 0 Å². The van der Waals surface area contributed by atoms with Crippen LogP contribution < -0.4 is 4.74 Å². The van der Waals surface area contributed by atoms with E-state index < -0.39 is 5.97 Å². The molecule has 0 amide bonds. The van der Waals surface area contributed by atoms with Crippen molar-refractivity contribution in [2.75, 3.05) is 7.11 Å². The molecule has 0 spiro atoms. The summed E-state index contributed by atoms with van der Waals surface area (Å²) < 4.78 is 5.44. The highest BCUT2D eigenvalue weighted by Gasteiger charge is 2.14. The van der Waals surface area contributed by atoms with Crippen molar-refractivity contribution in [2.45, 2.75) is 39.5 Å². The van der Waals surface area contributed by atoms with Crippen molar-refractivity contribution >= 4 is 17.3 Å². The third-order valence-electron chi connectivity index (χ3n) is 3.56. The Morgan fingerprint density at radius 1 is 1.41 bits per heavy atom. The van der Waals surface area contributed by atoms with Crippen LogP contribution in [0.4, 0.5) is 0 Å². The van der Waals surface area contributed by atoms with E-state index in [2.05, 4.69) is 31.0 Å². The summed E-state index contributed by atoms with van der Waals surface area (Å²) in [5.74, 6) is 0.472. The average Bonchev–Trinajstić information content (AvgIpc) is 2.77. The fourth-order valence-electron chi connectivity index (χ4n) is 2.32. The molecule has 0 atom stereocenters. The molecule has 0 fully saturated rings. The number of carbonyl (C=O) groups is 1. The normalized spacial score (nSPS) is 11.0. The fourth-order valence-corrected chi connectivity index (χ4v) is 3.41. The van der Waals surface area contributed by atoms with E-state index >= 15 is 0 Å². The number of nitrogens with zero attached hydrogens (tertiary/aromatic N) is 1. The zero-order valence-electron chi connectivity index (χ0n) is 13.3. The van der Waals surface area contributed by atoms with Crippen molar-refractivity contribution < 1.29 is 14.6 Å². The molecule has 0 unspecified atom stereocenters. The van der Waals surface area contributed by atoms with Crippen molar-refractivity contribution in [1.82, 2.24) is 4.98 Å². The summed E-state index contributed by atoms with van der Waals surface area (Å²) in [6, 6.07) is 6.22. The highest BCUT2D eigenvalue weighted by atomic mass is 32.1. The van der Waals surface area contributed by atoms with Crippen LogP contribution in [-0.4, -0.2) is 23.2 Å². The fraction of sp³-hybridized carbons (Fsp3) is 0.412. The second kappa shape index (κ2) is 6.92. The zero-order valence-corrected chi connectivity index (χ0v) is 14.2. The third kappa shape index (κ3) is 3.85. The summed E-state index contributed by atoms with van der Waals surface area (Å²) in [6.07, 6.45) is 0.696. The van der Waals surface area contributed by atoms with Gasteiger partial charge in [-0.15, -0.1) is 11.3 Å². The molecule has 0 saturated carbocycles. The summed E-state index contributed by atoms with van der Waals surface area (Å²) >= 11 is 1.47. The Balaban J connectivity index is 2.29. The van der Waals surface area contributed by atoms with Gasteiger partial charge < -0.3 is 9.84 Å². The van der Waals surface area contributed by atoms with Gasteiger partial charge in [0, 0.05) is 16.9 Å². The molecule has 4 nitrogen and oxygen atoms in total. The monoisotopic (exact) mass is 319 g/mol. The molecule has 2 aromatic rings. The van der Waals surface area contributed by atoms with Gasteiger partial charge in [0.05, 0.1) is 24.2 Å². The van der Waals surface area contributed by atoms with Crippen LogP contribution in [0, 0.1) is 6.92 Å². The number of hydrogen-bond acceptors (Lipinski definition) is 4. The van der Waals surface area contributed by atoms with Crippen LogP contribution in [0.2, 0.25) is 0 Å². The van der Waals surface area contributed by atoms with E-state index in [9.17, 15) is 4.79 Å². The minimum absolute atomic E-state index is 0.0344. The van der Waals surface area contributed by atoms with Gasteiger partial charge in [0.15, 0.2) is 0 Å². The molecule has 0 radical (unpaired) electrons. The highest BCUT2D eigenvalue weighted by molar-refractivity contribution is 7.11. The van der Waals surface area contributed by atoms with Crippen LogP contribution in [0.25, 0.3) is 0 Å². The second-order valence-electron chi connectivity index (χ2n) is 5.59. The van der Waals surface area contributed by atoms with Crippen LogP contribution >= 0.6 is 11.3 Å². The molecule has 0 aliphatic carbocycles. The van der Waals surface area contributed by atoms with E-state index in [0.29, 0.717) is 12.3 Å². The summed E-state index contributed by atoms with van der Waals surface area (Å²) in [7, 11) is 1.66. The number of methoxy groups -OCH3 is 1. The molecule has 118 valence electrons. The average molecular weight is 319 g/mol. The SMILES string of the molecule is COc1ccc(C(C)C)cc1Cc1nc(C)c(CC(=O)O)s1. The quantitative estimate of drug-likeness (QED) is 0.880. The van der Waals surface area contributed by atoms with Crippen LogP contribution in [0.1, 0.15) is 46.5 Å². The predicted molar refractivity (Wildman–Crippen MR) is 88.1 cm³/mol. The van der Waals surface area contributed by atoms with E-state index in [1.54, 1.807) is 7.11 Å². The van der Waals surface area contributed by atoms with Crippen LogP contribution in [0.5, 0.6) is 5.75 Å². The molecule has 1 aromatic heterocycles. The topological polar surface area (TPSA) is 59.4 Å². The summed E-state index contributed by atoms with van der Waals surface area (Å²) in [4.78, 5) is 16.2. The Bertz CT molecular complexity index is 677. The number of aryl methyl sites for hydroxylation is 1. The van der Waals surface area contributed by atoms with Gasteiger partial charge >= 0.3 is 5.97 Å². The van der Waals surface area contributed by atoms with Gasteiger partial charge in [0.25, 0.3) is 0 Å². The molecule has 0 aliphatic heterocycles. The van der Waals surface area contributed by atoms with Crippen LogP contribution in [0.3, 0.4) is 0 Å². The first-order chi connectivity index (χ1) is 10.4. The molecule has 1 N–H and O–H groups in total. The number of carboxylic acids is 1. The standard InChI is InChI=1S/C17H21NO3S/c1-10(2)12-5-6-14(21-4)13(7-12)8-16-18-11(3)15(22-16)9-17(19)20/h5-7,10H,8-9H2,1-4H3,(H,19,20). The molecule has 0 bridgehead atoms. The molecular formula is C17H21NO3S. The first-order valence-corrected chi connectivity index (χ1v) is 8.06. The predicted octanol–water partition coefficient (Wildman–Crippen LogP) is 3.80. The lowest BCUT2D eigenvalue weighted by Gasteiger charge is -2.12. The van der Waals surface area contributed by atoms with Crippen molar-refractivity contribution in [3.8, 4) is 5.75 Å². The van der Waals surface area contributed by atoms with Gasteiger partial charge in [-0.1, -0.05) is 26.0 Å². The third-order valence-corrected chi connectivity index (χ3v) is 4.72. The maximum Gasteiger partial charge on any atom is 0.308 e. The molecule has 22 heavy (non-hydrogen) atoms. The van der Waals surface area contributed by atoms with E-state index in [0.717, 1.165) is 26.9 Å². The summed E-state index contributed by atoms with van der Waals surface area (Å²) in [5.41, 5.74) is 3.15. The van der Waals surface area contributed by atoms with Crippen molar-refractivity contribution in [3.05, 3.63) is 44.9 Å². The molecule has 1 aromatic carbocycles. The lowest BCUT2D eigenvalue weighted by atomic mass is 9.99. The number of hydrogen-bond donors (Lipinski definition) is 1. The summed E-state index contributed by atoms with van der Waals surface area (Å²) in [5, 5.41) is 9.85. The zero-order chi connectivity index (χ0) is 16.3. The van der Waals surface area contributed by atoms with Gasteiger partial charge in [-0.25, -0.2) is 4.98 Å². The Morgan fingerprint density at radius 3 is 2.73 bits per heavy atom. The summed E-state index contributed by atoms with van der Waals surface area (Å²) in [6.45, 7) is 6.17. The second-order valence-corrected chi connectivity index (χ2v) is 6.76. The maximum atomic E-state index is 10.9. The molecule has 0 aliphatic rings. The van der Waals surface area contributed by atoms with E-state index in [1.807, 2.05) is 13.0 Å². The van der Waals surface area contributed by atoms with Crippen LogP contribution in [-0.2, 0) is 17.6 Å². The maximum absolute atomic E-state index is 10.9. The van der Waals surface area contributed by atoms with Gasteiger partial charge in [0.1, 0.15) is 5.75 Å². The van der Waals surface area contributed by atoms with Gasteiger partial charge in [-0.05, 0) is 24.5 Å². The minimum atomic E-state index is -0.822. The van der Waals surface area contributed by atoms with Gasteiger partial charge in [-0.3, -0.25) is 4.79 Å². The number of thiazole rings is 1. The van der Waals surface area contributed by atoms with Gasteiger partial charge in [-0.2, -0.15) is 0 Å². The molecule has 2 rings (SSSR count). The lowest BCUT2D eigenvalue weighted by molar-refractivity contribution is -0.136. The lowest BCUT2D eigenvalue weighted by Crippen LogP contribution is -1.99. The number of ether oxygens (including phenoxy) is 1. The number of aliphatic carboxylic acids is 1. The molecular weight excluding hydrogens is 298 g/mol. The highest BCUT2D eigenvalue weighted by Crippen LogP contribution is 2.28. The Hall–Kier alpha value is -1.88. The number of rotatable bonds is 6. The minimum Gasteiger partial charge on any atom is -0.496 e. The first-order valence-electron chi connectivity index (χ1n) is 7.24. The van der Waals surface area contributed by atoms with E-state index in [4.69, 9.17) is 9.84 Å². The Morgan fingerprint density at radius 2 is 2.14 bits per heavy atom. The molecule has 1 heterocycles. The van der Waals surface area contributed by atoms with E-state index in [-0.39, 0.29) is 6.42 Å². The number of aromatic nitrogens is 1. The Labute approximate surface area is 134 Å². The number of benzene rings is 1. The van der Waals surface area contributed by atoms with Gasteiger partial charge in [0.2, 0.25) is 0 Å². The smallest absolute Gasteiger partial charge is 0.308 e. The van der Waals surface area contributed by atoms with Crippen LogP contribution in [0.15, 0.2) is 18.2 Å². The molecule has 0 saturated heterocycles. The number of carboxylic acid groups (broad SMARTS) is 1. The van der Waals surface area contributed by atoms with Crippen molar-refractivity contribution in [3.63, 3.8) is 0 Å². The first kappa shape index (κ1) is 16.5. The Kier molecular flexibility index (Phi) is 5.19.